The largest absolute Gasteiger partial charge is 0.313 e. The number of halogens is 1. The van der Waals surface area contributed by atoms with Gasteiger partial charge in [-0.1, -0.05) is 40.5 Å². The molecular formula is C17H31FOSi. The SMILES string of the molecule is CC(C)[Si](F)(C(C)C)[C@@H]1CC[C@]2(CCCCCC2=O)C1. The van der Waals surface area contributed by atoms with Crippen molar-refractivity contribution in [2.24, 2.45) is 5.41 Å². The summed E-state index contributed by atoms with van der Waals surface area (Å²) in [6.07, 6.45) is 7.98. The van der Waals surface area contributed by atoms with E-state index in [0.29, 0.717) is 5.78 Å². The summed E-state index contributed by atoms with van der Waals surface area (Å²) in [6.45, 7) is 8.25. The van der Waals surface area contributed by atoms with E-state index < -0.39 is 8.41 Å². The molecule has 2 aliphatic carbocycles. The first-order valence-electron chi connectivity index (χ1n) is 8.55. The highest BCUT2D eigenvalue weighted by atomic mass is 28.4. The molecule has 2 saturated carbocycles. The molecule has 0 aliphatic heterocycles. The molecule has 2 fully saturated rings. The van der Waals surface area contributed by atoms with Gasteiger partial charge >= 0.3 is 0 Å². The molecule has 0 aromatic heterocycles. The average Bonchev–Trinajstić information content (AvgIpc) is 2.74. The highest BCUT2D eigenvalue weighted by molar-refractivity contribution is 6.77. The van der Waals surface area contributed by atoms with Crippen molar-refractivity contribution in [3.63, 3.8) is 0 Å². The number of rotatable bonds is 3. The maximum atomic E-state index is 15.7. The summed E-state index contributed by atoms with van der Waals surface area (Å²) in [5.74, 6) is 0.460. The van der Waals surface area contributed by atoms with Crippen LogP contribution in [-0.2, 0) is 4.79 Å². The van der Waals surface area contributed by atoms with Gasteiger partial charge in [0.05, 0.1) is 0 Å². The fraction of sp³-hybridized carbons (Fsp3) is 0.941. The minimum Gasteiger partial charge on any atom is -0.313 e. The molecule has 116 valence electrons. The third-order valence-electron chi connectivity index (χ3n) is 6.15. The van der Waals surface area contributed by atoms with E-state index >= 15 is 4.11 Å². The second-order valence-corrected chi connectivity index (χ2v) is 12.6. The first-order chi connectivity index (χ1) is 9.33. The Morgan fingerprint density at radius 3 is 2.35 bits per heavy atom. The Morgan fingerprint density at radius 1 is 1.10 bits per heavy atom. The summed E-state index contributed by atoms with van der Waals surface area (Å²) in [7, 11) is -2.78. The first kappa shape index (κ1) is 16.2. The molecule has 1 spiro atoms. The maximum Gasteiger partial charge on any atom is 0.255 e. The Kier molecular flexibility index (Phi) is 4.78. The van der Waals surface area contributed by atoms with Gasteiger partial charge in [0.2, 0.25) is 0 Å². The van der Waals surface area contributed by atoms with Crippen molar-refractivity contribution < 1.29 is 8.90 Å². The van der Waals surface area contributed by atoms with E-state index in [1.54, 1.807) is 0 Å². The topological polar surface area (TPSA) is 17.1 Å². The summed E-state index contributed by atoms with van der Waals surface area (Å²) in [5.41, 5.74) is 0.423. The molecule has 0 heterocycles. The van der Waals surface area contributed by atoms with E-state index in [9.17, 15) is 4.79 Å². The van der Waals surface area contributed by atoms with E-state index in [0.717, 1.165) is 38.5 Å². The lowest BCUT2D eigenvalue weighted by Crippen LogP contribution is -2.41. The highest BCUT2D eigenvalue weighted by Gasteiger charge is 2.56. The highest BCUT2D eigenvalue weighted by Crippen LogP contribution is 2.58. The zero-order valence-corrected chi connectivity index (χ0v) is 14.7. The lowest BCUT2D eigenvalue weighted by Gasteiger charge is -2.37. The smallest absolute Gasteiger partial charge is 0.255 e. The van der Waals surface area contributed by atoms with Crippen LogP contribution in [0.2, 0.25) is 16.6 Å². The quantitative estimate of drug-likeness (QED) is 0.475. The summed E-state index contributed by atoms with van der Waals surface area (Å²) < 4.78 is 15.7. The van der Waals surface area contributed by atoms with Crippen LogP contribution in [0.1, 0.15) is 79.1 Å². The number of hydrogen-bond donors (Lipinski definition) is 0. The number of carbonyl (C=O) groups excluding carboxylic acids is 1. The van der Waals surface area contributed by atoms with Crippen molar-refractivity contribution in [1.29, 1.82) is 0 Å². The summed E-state index contributed by atoms with van der Waals surface area (Å²) in [6, 6.07) is 0. The van der Waals surface area contributed by atoms with Crippen molar-refractivity contribution in [3.05, 3.63) is 0 Å². The van der Waals surface area contributed by atoms with Crippen LogP contribution < -0.4 is 0 Å². The Morgan fingerprint density at radius 2 is 1.75 bits per heavy atom. The predicted molar refractivity (Wildman–Crippen MR) is 85.2 cm³/mol. The molecule has 0 unspecified atom stereocenters. The molecule has 0 radical (unpaired) electrons. The fourth-order valence-electron chi connectivity index (χ4n) is 4.92. The van der Waals surface area contributed by atoms with Crippen LogP contribution in [0.25, 0.3) is 0 Å². The van der Waals surface area contributed by atoms with E-state index in [-0.39, 0.29) is 22.0 Å². The summed E-state index contributed by atoms with van der Waals surface area (Å²) in [4.78, 5) is 12.5. The Hall–Kier alpha value is -0.183. The van der Waals surface area contributed by atoms with Crippen molar-refractivity contribution in [1.82, 2.24) is 0 Å². The monoisotopic (exact) mass is 298 g/mol. The molecule has 0 aromatic rings. The third-order valence-corrected chi connectivity index (χ3v) is 11.4. The van der Waals surface area contributed by atoms with Crippen molar-refractivity contribution >= 4 is 14.2 Å². The van der Waals surface area contributed by atoms with Crippen LogP contribution in [0.5, 0.6) is 0 Å². The van der Waals surface area contributed by atoms with E-state index in [1.807, 2.05) is 0 Å². The van der Waals surface area contributed by atoms with Gasteiger partial charge in [0.15, 0.2) is 0 Å². The summed E-state index contributed by atoms with van der Waals surface area (Å²) in [5, 5.41) is 0. The van der Waals surface area contributed by atoms with E-state index in [1.165, 1.54) is 12.8 Å². The van der Waals surface area contributed by atoms with Crippen LogP contribution in [0.3, 0.4) is 0 Å². The van der Waals surface area contributed by atoms with Crippen LogP contribution in [0.15, 0.2) is 0 Å². The Bertz CT molecular complexity index is 358. The molecule has 2 rings (SSSR count). The molecule has 0 aromatic carbocycles. The van der Waals surface area contributed by atoms with Crippen molar-refractivity contribution in [2.45, 2.75) is 95.7 Å². The van der Waals surface area contributed by atoms with E-state index in [4.69, 9.17) is 0 Å². The zero-order chi connectivity index (χ0) is 15.0. The molecule has 0 amide bonds. The van der Waals surface area contributed by atoms with Gasteiger partial charge in [-0.05, 0) is 48.7 Å². The molecule has 2 aliphatic rings. The third kappa shape index (κ3) is 2.62. The molecule has 0 N–H and O–H groups in total. The lowest BCUT2D eigenvalue weighted by molar-refractivity contribution is -0.128. The van der Waals surface area contributed by atoms with Gasteiger partial charge in [0, 0.05) is 11.8 Å². The van der Waals surface area contributed by atoms with Crippen LogP contribution >= 0.6 is 0 Å². The van der Waals surface area contributed by atoms with Gasteiger partial charge in [-0.25, -0.2) is 0 Å². The van der Waals surface area contributed by atoms with Gasteiger partial charge in [-0.15, -0.1) is 0 Å². The molecule has 20 heavy (non-hydrogen) atoms. The molecular weight excluding hydrogens is 267 g/mol. The standard InChI is InChI=1S/C17H31FOSi/c1-13(2)20(18,14(3)4)15-9-11-17(12-15)10-7-5-6-8-16(17)19/h13-15H,5-12H2,1-4H3/t15-,17-/m1/s1. The molecule has 2 atom stereocenters. The normalized spacial score (nSPS) is 32.4. The molecule has 0 saturated heterocycles. The Balaban J connectivity index is 2.20. The van der Waals surface area contributed by atoms with Crippen LogP contribution in [0, 0.1) is 5.41 Å². The van der Waals surface area contributed by atoms with Crippen LogP contribution in [0.4, 0.5) is 4.11 Å². The number of ketones is 1. The number of Topliss-reactive ketones (excluding diaryl/α,β-unsaturated/α-hetero) is 1. The maximum absolute atomic E-state index is 15.7. The predicted octanol–water partition coefficient (Wildman–Crippen LogP) is 5.80. The van der Waals surface area contributed by atoms with Crippen LogP contribution in [-0.4, -0.2) is 14.2 Å². The minimum atomic E-state index is -2.78. The first-order valence-corrected chi connectivity index (χ1v) is 10.7. The molecule has 3 heteroatoms. The lowest BCUT2D eigenvalue weighted by atomic mass is 9.78. The van der Waals surface area contributed by atoms with Crippen molar-refractivity contribution in [2.75, 3.05) is 0 Å². The minimum absolute atomic E-state index is 0.130. The van der Waals surface area contributed by atoms with Gasteiger partial charge in [-0.2, -0.15) is 0 Å². The Labute approximate surface area is 124 Å². The second-order valence-electron chi connectivity index (χ2n) is 7.84. The summed E-state index contributed by atoms with van der Waals surface area (Å²) >= 11 is 0. The van der Waals surface area contributed by atoms with E-state index in [2.05, 4.69) is 27.7 Å². The number of carbonyl (C=O) groups is 1. The average molecular weight is 299 g/mol. The van der Waals surface area contributed by atoms with Gasteiger partial charge in [-0.3, -0.25) is 4.79 Å². The van der Waals surface area contributed by atoms with Gasteiger partial charge in [0.1, 0.15) is 5.78 Å². The van der Waals surface area contributed by atoms with Crippen molar-refractivity contribution in [3.8, 4) is 0 Å². The zero-order valence-electron chi connectivity index (χ0n) is 13.7. The molecule has 0 bridgehead atoms. The second kappa shape index (κ2) is 5.90. The van der Waals surface area contributed by atoms with Gasteiger partial charge in [0.25, 0.3) is 8.41 Å². The van der Waals surface area contributed by atoms with Gasteiger partial charge < -0.3 is 4.11 Å². The fourth-order valence-corrected chi connectivity index (χ4v) is 9.43. The number of hydrogen-bond acceptors (Lipinski definition) is 1. The molecule has 1 nitrogen and oxygen atoms in total.